The number of fused-ring (bicyclic) bond motifs is 2. The predicted molar refractivity (Wildman–Crippen MR) is 132 cm³/mol. The first kappa shape index (κ1) is 22.4. The summed E-state index contributed by atoms with van der Waals surface area (Å²) in [7, 11) is 1.71. The van der Waals surface area contributed by atoms with Gasteiger partial charge in [0.2, 0.25) is 0 Å². The first-order valence-electron chi connectivity index (χ1n) is 11.8. The van der Waals surface area contributed by atoms with Gasteiger partial charge in [0.05, 0.1) is 6.10 Å². The number of nitrogens with zero attached hydrogens (tertiary/aromatic N) is 3. The van der Waals surface area contributed by atoms with E-state index in [4.69, 9.17) is 0 Å². The lowest BCUT2D eigenvalue weighted by Gasteiger charge is -2.34. The fraction of sp³-hybridized carbons (Fsp3) is 0.333. The largest absolute Gasteiger partial charge is 0.390 e. The average Bonchev–Trinajstić information content (AvgIpc) is 2.83. The molecule has 7 heteroatoms. The molecule has 0 bridgehead atoms. The summed E-state index contributed by atoms with van der Waals surface area (Å²) in [5.41, 5.74) is 5.71. The number of aliphatic hydroxyl groups excluding tert-OH is 1. The molecule has 1 aromatic heterocycles. The second-order valence-electron chi connectivity index (χ2n) is 9.27. The number of nitrogens with one attached hydrogen (secondary N) is 1. The molecule has 7 nitrogen and oxygen atoms in total. The average molecular weight is 459 g/mol. The highest BCUT2D eigenvalue weighted by Crippen LogP contribution is 2.25. The molecular formula is C27H30N4O3. The van der Waals surface area contributed by atoms with E-state index < -0.39 is 6.10 Å². The van der Waals surface area contributed by atoms with Crippen LogP contribution in [0.1, 0.15) is 27.0 Å². The van der Waals surface area contributed by atoms with Crippen LogP contribution >= 0.6 is 0 Å². The first-order chi connectivity index (χ1) is 16.5. The number of carbonyl (C=O) groups excluding carboxylic acids is 1. The molecular weight excluding hydrogens is 428 g/mol. The molecule has 0 fully saturated rings. The summed E-state index contributed by atoms with van der Waals surface area (Å²) in [6.07, 6.45) is 2.86. The molecule has 5 rings (SSSR count). The summed E-state index contributed by atoms with van der Waals surface area (Å²) in [5, 5.41) is 14.0. The molecule has 1 unspecified atom stereocenters. The third kappa shape index (κ3) is 4.76. The zero-order chi connectivity index (χ0) is 23.7. The van der Waals surface area contributed by atoms with Crippen LogP contribution in [-0.4, -0.2) is 57.7 Å². The van der Waals surface area contributed by atoms with E-state index in [-0.39, 0.29) is 11.5 Å². The SMILES string of the molecule is Cn1ccc(Nc2ccc3c(c2)C(=O)N(CC(O)CN2CCc4ccccc4C2)CC3)cc1=O. The molecule has 0 saturated heterocycles. The molecule has 2 N–H and O–H groups in total. The van der Waals surface area contributed by atoms with Crippen LogP contribution < -0.4 is 10.9 Å². The highest BCUT2D eigenvalue weighted by atomic mass is 16.3. The number of hydrogen-bond donors (Lipinski definition) is 2. The second-order valence-corrected chi connectivity index (χ2v) is 9.27. The van der Waals surface area contributed by atoms with Crippen molar-refractivity contribution in [2.75, 3.05) is 31.5 Å². The summed E-state index contributed by atoms with van der Waals surface area (Å²) >= 11 is 0. The number of β-amino-alcohol motifs (C(OH)–C–C–N with tert-alkyl or cyclic N) is 1. The predicted octanol–water partition coefficient (Wildman–Crippen LogP) is 2.55. The van der Waals surface area contributed by atoms with Gasteiger partial charge in [-0.05, 0) is 47.7 Å². The number of amides is 1. The summed E-state index contributed by atoms with van der Waals surface area (Å²) in [5.74, 6) is -0.0584. The highest BCUT2D eigenvalue weighted by molar-refractivity contribution is 5.97. The Morgan fingerprint density at radius 1 is 0.912 bits per heavy atom. The normalized spacial score (nSPS) is 16.6. The topological polar surface area (TPSA) is 77.8 Å². The van der Waals surface area contributed by atoms with Gasteiger partial charge in [0, 0.05) is 69.0 Å². The number of carbonyl (C=O) groups is 1. The van der Waals surface area contributed by atoms with Gasteiger partial charge in [-0.25, -0.2) is 0 Å². The van der Waals surface area contributed by atoms with Crippen molar-refractivity contribution >= 4 is 17.3 Å². The summed E-state index contributed by atoms with van der Waals surface area (Å²) in [6, 6.07) is 17.6. The number of hydrogen-bond acceptors (Lipinski definition) is 5. The van der Waals surface area contributed by atoms with Gasteiger partial charge in [-0.15, -0.1) is 0 Å². The van der Waals surface area contributed by atoms with Crippen LogP contribution in [0.2, 0.25) is 0 Å². The molecule has 3 heterocycles. The Kier molecular flexibility index (Phi) is 6.22. The number of aromatic nitrogens is 1. The van der Waals surface area contributed by atoms with Gasteiger partial charge in [-0.3, -0.25) is 14.5 Å². The number of rotatable bonds is 6. The number of aliphatic hydroxyl groups is 1. The molecule has 2 aliphatic rings. The van der Waals surface area contributed by atoms with Crippen LogP contribution in [0.4, 0.5) is 11.4 Å². The number of pyridine rings is 1. The lowest BCUT2D eigenvalue weighted by atomic mass is 9.97. The van der Waals surface area contributed by atoms with E-state index in [2.05, 4.69) is 34.5 Å². The highest BCUT2D eigenvalue weighted by Gasteiger charge is 2.27. The molecule has 0 spiro atoms. The van der Waals surface area contributed by atoms with Gasteiger partial charge in [-0.2, -0.15) is 0 Å². The van der Waals surface area contributed by atoms with E-state index in [0.717, 1.165) is 37.2 Å². The smallest absolute Gasteiger partial charge is 0.254 e. The van der Waals surface area contributed by atoms with E-state index in [1.165, 1.54) is 21.8 Å². The van der Waals surface area contributed by atoms with Gasteiger partial charge >= 0.3 is 0 Å². The van der Waals surface area contributed by atoms with Crippen LogP contribution in [0.3, 0.4) is 0 Å². The molecule has 2 aromatic carbocycles. The van der Waals surface area contributed by atoms with Crippen LogP contribution in [-0.2, 0) is 26.4 Å². The summed E-state index contributed by atoms with van der Waals surface area (Å²) < 4.78 is 1.51. The van der Waals surface area contributed by atoms with Gasteiger partial charge < -0.3 is 19.9 Å². The third-order valence-electron chi connectivity index (χ3n) is 6.78. The molecule has 1 atom stereocenters. The van der Waals surface area contributed by atoms with Gasteiger partial charge in [0.1, 0.15) is 0 Å². The Labute approximate surface area is 199 Å². The second kappa shape index (κ2) is 9.44. The molecule has 176 valence electrons. The van der Waals surface area contributed by atoms with Gasteiger partial charge in [-0.1, -0.05) is 30.3 Å². The van der Waals surface area contributed by atoms with Crippen molar-refractivity contribution in [1.82, 2.24) is 14.4 Å². The summed E-state index contributed by atoms with van der Waals surface area (Å²) in [4.78, 5) is 29.2. The van der Waals surface area contributed by atoms with Crippen molar-refractivity contribution in [3.63, 3.8) is 0 Å². The van der Waals surface area contributed by atoms with Crippen molar-refractivity contribution in [2.45, 2.75) is 25.5 Å². The molecule has 0 radical (unpaired) electrons. The van der Waals surface area contributed by atoms with E-state index >= 15 is 0 Å². The maximum Gasteiger partial charge on any atom is 0.254 e. The maximum absolute atomic E-state index is 13.2. The van der Waals surface area contributed by atoms with E-state index in [1.54, 1.807) is 18.1 Å². The van der Waals surface area contributed by atoms with Crippen molar-refractivity contribution < 1.29 is 9.90 Å². The molecule has 0 saturated carbocycles. The van der Waals surface area contributed by atoms with Crippen LogP contribution in [0, 0.1) is 0 Å². The molecule has 0 aliphatic carbocycles. The fourth-order valence-corrected chi connectivity index (χ4v) is 4.89. The van der Waals surface area contributed by atoms with Crippen LogP contribution in [0.5, 0.6) is 0 Å². The lowest BCUT2D eigenvalue weighted by Crippen LogP contribution is -2.46. The van der Waals surface area contributed by atoms with Crippen LogP contribution in [0.15, 0.2) is 65.6 Å². The van der Waals surface area contributed by atoms with E-state index in [9.17, 15) is 14.7 Å². The quantitative estimate of drug-likeness (QED) is 0.594. The zero-order valence-corrected chi connectivity index (χ0v) is 19.4. The minimum Gasteiger partial charge on any atom is -0.390 e. The van der Waals surface area contributed by atoms with Crippen LogP contribution in [0.25, 0.3) is 0 Å². The van der Waals surface area contributed by atoms with Crippen molar-refractivity contribution in [1.29, 1.82) is 0 Å². The van der Waals surface area contributed by atoms with Gasteiger partial charge in [0.15, 0.2) is 0 Å². The summed E-state index contributed by atoms with van der Waals surface area (Å²) in [6.45, 7) is 3.23. The Morgan fingerprint density at radius 2 is 1.68 bits per heavy atom. The standard InChI is InChI=1S/C27H30N4O3/c1-29-11-10-23(15-26(29)33)28-22-7-6-20-9-13-31(27(34)25(20)14-22)18-24(32)17-30-12-8-19-4-2-3-5-21(19)16-30/h2-7,10-11,14-15,24,28,32H,8-9,12-13,16-18H2,1H3. The molecule has 1 amide bonds. The van der Waals surface area contributed by atoms with Gasteiger partial charge in [0.25, 0.3) is 11.5 Å². The Balaban J connectivity index is 1.23. The first-order valence-corrected chi connectivity index (χ1v) is 11.8. The minimum atomic E-state index is -0.599. The number of anilines is 2. The number of aryl methyl sites for hydroxylation is 1. The maximum atomic E-state index is 13.2. The molecule has 3 aromatic rings. The van der Waals surface area contributed by atoms with Crippen molar-refractivity contribution in [3.05, 3.63) is 93.4 Å². The van der Waals surface area contributed by atoms with E-state index in [1.807, 2.05) is 24.3 Å². The zero-order valence-electron chi connectivity index (χ0n) is 19.4. The Hall–Kier alpha value is -3.42. The Morgan fingerprint density at radius 3 is 2.50 bits per heavy atom. The monoisotopic (exact) mass is 458 g/mol. The third-order valence-corrected chi connectivity index (χ3v) is 6.78. The fourth-order valence-electron chi connectivity index (χ4n) is 4.89. The van der Waals surface area contributed by atoms with Crippen molar-refractivity contribution in [2.24, 2.45) is 7.05 Å². The molecule has 2 aliphatic heterocycles. The Bertz CT molecular complexity index is 1270. The van der Waals surface area contributed by atoms with Crippen molar-refractivity contribution in [3.8, 4) is 0 Å². The lowest BCUT2D eigenvalue weighted by molar-refractivity contribution is 0.0493. The minimum absolute atomic E-state index is 0.0584. The van der Waals surface area contributed by atoms with E-state index in [0.29, 0.717) is 30.9 Å². The molecule has 34 heavy (non-hydrogen) atoms. The number of benzene rings is 2.